The second-order valence-electron chi connectivity index (χ2n) is 8.32. The predicted octanol–water partition coefficient (Wildman–Crippen LogP) is 3.37. The number of amides is 1. The third-order valence-corrected chi connectivity index (χ3v) is 8.56. The molecule has 1 amide bonds. The number of benzene rings is 1. The van der Waals surface area contributed by atoms with Crippen LogP contribution in [0.2, 0.25) is 5.02 Å². The second kappa shape index (κ2) is 9.24. The second-order valence-corrected chi connectivity index (χ2v) is 10.6. The van der Waals surface area contributed by atoms with Crippen molar-refractivity contribution in [3.8, 4) is 0 Å². The Balaban J connectivity index is 1.87. The molecule has 0 aromatic heterocycles. The summed E-state index contributed by atoms with van der Waals surface area (Å²) in [6, 6.07) is 4.20. The molecule has 1 N–H and O–H groups in total. The molecule has 1 saturated heterocycles. The number of carbonyl (C=O) groups excluding carboxylic acids is 2. The molecule has 30 heavy (non-hydrogen) atoms. The van der Waals surface area contributed by atoms with Gasteiger partial charge in [0.25, 0.3) is 5.91 Å². The number of hydrogen-bond acceptors (Lipinski definition) is 5. The summed E-state index contributed by atoms with van der Waals surface area (Å²) >= 11 is 6.20. The Kier molecular flexibility index (Phi) is 7.09. The van der Waals surface area contributed by atoms with Crippen LogP contribution in [0.3, 0.4) is 0 Å². The van der Waals surface area contributed by atoms with E-state index in [1.165, 1.54) is 29.6 Å². The van der Waals surface area contributed by atoms with Crippen LogP contribution in [-0.4, -0.2) is 50.3 Å². The highest BCUT2D eigenvalue weighted by Gasteiger charge is 2.43. The average Bonchev–Trinajstić information content (AvgIpc) is 2.75. The highest BCUT2D eigenvalue weighted by atomic mass is 35.5. The molecule has 7 nitrogen and oxygen atoms in total. The van der Waals surface area contributed by atoms with Crippen molar-refractivity contribution in [1.29, 1.82) is 0 Å². The summed E-state index contributed by atoms with van der Waals surface area (Å²) in [5.41, 5.74) is -0.943. The Labute approximate surface area is 183 Å². The molecule has 3 rings (SSSR count). The van der Waals surface area contributed by atoms with E-state index >= 15 is 0 Å². The first-order valence-corrected chi connectivity index (χ1v) is 12.2. The molecule has 2 aliphatic rings. The molecule has 1 saturated carbocycles. The Morgan fingerprint density at radius 2 is 1.80 bits per heavy atom. The van der Waals surface area contributed by atoms with Gasteiger partial charge in [-0.3, -0.25) is 4.79 Å². The van der Waals surface area contributed by atoms with Crippen LogP contribution in [0.4, 0.5) is 0 Å². The van der Waals surface area contributed by atoms with Crippen molar-refractivity contribution in [1.82, 2.24) is 9.62 Å². The van der Waals surface area contributed by atoms with Crippen LogP contribution in [0.1, 0.15) is 62.2 Å². The van der Waals surface area contributed by atoms with E-state index in [1.54, 1.807) is 0 Å². The third kappa shape index (κ3) is 4.65. The summed E-state index contributed by atoms with van der Waals surface area (Å²) in [6.45, 7) is 3.00. The standard InChI is InChI=1S/C21H29ClN2O5S/c1-15-8-10-21(11-9-15,20(26)29-2)23-19(25)16-6-7-17(22)18(14-16)30(27,28)24-12-4-3-5-13-24/h6-7,14-15H,3-5,8-13H2,1-2H3,(H,23,25). The number of hydrogen-bond donors (Lipinski definition) is 1. The minimum atomic E-state index is -3.80. The van der Waals surface area contributed by atoms with Crippen molar-refractivity contribution in [2.24, 2.45) is 5.92 Å². The molecule has 0 spiro atoms. The molecule has 0 unspecified atom stereocenters. The Hall–Kier alpha value is -1.64. The van der Waals surface area contributed by atoms with Gasteiger partial charge in [0, 0.05) is 18.7 Å². The molecule has 2 fully saturated rings. The van der Waals surface area contributed by atoms with E-state index in [0.29, 0.717) is 31.8 Å². The molecule has 0 bridgehead atoms. The van der Waals surface area contributed by atoms with Crippen LogP contribution in [0.25, 0.3) is 0 Å². The molecule has 9 heteroatoms. The van der Waals surface area contributed by atoms with E-state index in [-0.39, 0.29) is 15.5 Å². The number of halogens is 1. The monoisotopic (exact) mass is 456 g/mol. The summed E-state index contributed by atoms with van der Waals surface area (Å²) in [7, 11) is -2.49. The third-order valence-electron chi connectivity index (χ3n) is 6.18. The number of carbonyl (C=O) groups is 2. The maximum Gasteiger partial charge on any atom is 0.331 e. The number of nitrogens with zero attached hydrogens (tertiary/aromatic N) is 1. The predicted molar refractivity (Wildman–Crippen MR) is 114 cm³/mol. The Bertz CT molecular complexity index is 904. The highest BCUT2D eigenvalue weighted by Crippen LogP contribution is 2.34. The van der Waals surface area contributed by atoms with Gasteiger partial charge in [-0.1, -0.05) is 24.9 Å². The summed E-state index contributed by atoms with van der Waals surface area (Å²) < 4.78 is 32.5. The number of piperidine rings is 1. The van der Waals surface area contributed by atoms with Crippen molar-refractivity contribution in [3.63, 3.8) is 0 Å². The lowest BCUT2D eigenvalue weighted by atomic mass is 9.77. The van der Waals surface area contributed by atoms with E-state index in [0.717, 1.165) is 32.1 Å². The zero-order chi connectivity index (χ0) is 21.9. The number of rotatable bonds is 5. The molecule has 1 aromatic rings. The van der Waals surface area contributed by atoms with Crippen molar-refractivity contribution >= 4 is 33.5 Å². The smallest absolute Gasteiger partial charge is 0.331 e. The van der Waals surface area contributed by atoms with Crippen LogP contribution < -0.4 is 5.32 Å². The minimum Gasteiger partial charge on any atom is -0.467 e. The summed E-state index contributed by atoms with van der Waals surface area (Å²) in [5.74, 6) is -0.518. The lowest BCUT2D eigenvalue weighted by molar-refractivity contribution is -0.150. The topological polar surface area (TPSA) is 92.8 Å². The fraction of sp³-hybridized carbons (Fsp3) is 0.619. The van der Waals surface area contributed by atoms with Crippen LogP contribution in [-0.2, 0) is 19.6 Å². The fourth-order valence-corrected chi connectivity index (χ4v) is 6.22. The molecular formula is C21H29ClN2O5S. The first-order valence-electron chi connectivity index (χ1n) is 10.4. The quantitative estimate of drug-likeness (QED) is 0.685. The van der Waals surface area contributed by atoms with Gasteiger partial charge in [0.2, 0.25) is 10.0 Å². The fourth-order valence-electron chi connectivity index (χ4n) is 4.21. The number of methoxy groups -OCH3 is 1. The average molecular weight is 457 g/mol. The minimum absolute atomic E-state index is 0.0753. The SMILES string of the molecule is COC(=O)C1(NC(=O)c2ccc(Cl)c(S(=O)(=O)N3CCCCC3)c2)CCC(C)CC1. The lowest BCUT2D eigenvalue weighted by Gasteiger charge is -2.37. The summed E-state index contributed by atoms with van der Waals surface area (Å²) in [5, 5.41) is 2.91. The van der Waals surface area contributed by atoms with Crippen molar-refractivity contribution in [2.75, 3.05) is 20.2 Å². The summed E-state index contributed by atoms with van der Waals surface area (Å²) in [4.78, 5) is 25.4. The van der Waals surface area contributed by atoms with Gasteiger partial charge in [-0.2, -0.15) is 4.31 Å². The van der Waals surface area contributed by atoms with E-state index in [4.69, 9.17) is 16.3 Å². The normalized spacial score (nSPS) is 25.5. The van der Waals surface area contributed by atoms with Gasteiger partial charge in [0.15, 0.2) is 0 Å². The first kappa shape index (κ1) is 23.0. The van der Waals surface area contributed by atoms with E-state index in [2.05, 4.69) is 12.2 Å². The summed E-state index contributed by atoms with van der Waals surface area (Å²) in [6.07, 6.45) is 5.16. The maximum absolute atomic E-state index is 13.1. The highest BCUT2D eigenvalue weighted by molar-refractivity contribution is 7.89. The van der Waals surface area contributed by atoms with Gasteiger partial charge < -0.3 is 10.1 Å². The van der Waals surface area contributed by atoms with Gasteiger partial charge in [0.1, 0.15) is 10.4 Å². The zero-order valence-corrected chi connectivity index (χ0v) is 19.0. The number of sulfonamides is 1. The van der Waals surface area contributed by atoms with Gasteiger partial charge in [-0.05, 0) is 62.6 Å². The molecule has 0 radical (unpaired) electrons. The molecular weight excluding hydrogens is 428 g/mol. The molecule has 166 valence electrons. The van der Waals surface area contributed by atoms with Gasteiger partial charge in [-0.15, -0.1) is 0 Å². The lowest BCUT2D eigenvalue weighted by Crippen LogP contribution is -2.56. The van der Waals surface area contributed by atoms with Crippen LogP contribution in [0, 0.1) is 5.92 Å². The van der Waals surface area contributed by atoms with Crippen LogP contribution in [0.5, 0.6) is 0 Å². The van der Waals surface area contributed by atoms with E-state index in [9.17, 15) is 18.0 Å². The Morgan fingerprint density at radius 3 is 2.40 bits per heavy atom. The van der Waals surface area contributed by atoms with Crippen LogP contribution in [0.15, 0.2) is 23.1 Å². The van der Waals surface area contributed by atoms with E-state index < -0.39 is 27.4 Å². The molecule has 1 heterocycles. The van der Waals surface area contributed by atoms with Crippen molar-refractivity contribution < 1.29 is 22.7 Å². The molecule has 1 aliphatic heterocycles. The van der Waals surface area contributed by atoms with Gasteiger partial charge in [0.05, 0.1) is 12.1 Å². The zero-order valence-electron chi connectivity index (χ0n) is 17.4. The largest absolute Gasteiger partial charge is 0.467 e. The molecule has 0 atom stereocenters. The number of esters is 1. The van der Waals surface area contributed by atoms with Gasteiger partial charge in [-0.25, -0.2) is 13.2 Å². The number of nitrogens with one attached hydrogen (secondary N) is 1. The number of ether oxygens (including phenoxy) is 1. The molecule has 1 aliphatic carbocycles. The van der Waals surface area contributed by atoms with Crippen molar-refractivity contribution in [2.45, 2.75) is 62.3 Å². The van der Waals surface area contributed by atoms with Gasteiger partial charge >= 0.3 is 5.97 Å². The first-order chi connectivity index (χ1) is 14.2. The van der Waals surface area contributed by atoms with Crippen LogP contribution >= 0.6 is 11.6 Å². The maximum atomic E-state index is 13.1. The van der Waals surface area contributed by atoms with Crippen molar-refractivity contribution in [3.05, 3.63) is 28.8 Å². The molecule has 1 aromatic carbocycles. The Morgan fingerprint density at radius 1 is 1.17 bits per heavy atom. The van der Waals surface area contributed by atoms with E-state index in [1.807, 2.05) is 0 Å².